The van der Waals surface area contributed by atoms with Crippen LogP contribution in [0.4, 0.5) is 0 Å². The zero-order valence-electron chi connectivity index (χ0n) is 18.5. The highest BCUT2D eigenvalue weighted by Crippen LogP contribution is 2.30. The highest BCUT2D eigenvalue weighted by Gasteiger charge is 2.31. The lowest BCUT2D eigenvalue weighted by atomic mass is 10.1. The molecule has 0 bridgehead atoms. The van der Waals surface area contributed by atoms with Gasteiger partial charge in [-0.3, -0.25) is 14.2 Å². The molecular weight excluding hydrogens is 470 g/mol. The lowest BCUT2D eigenvalue weighted by Gasteiger charge is -2.39. The van der Waals surface area contributed by atoms with Crippen LogP contribution in [0.25, 0.3) is 16.4 Å². The van der Waals surface area contributed by atoms with Gasteiger partial charge >= 0.3 is 0 Å². The quantitative estimate of drug-likeness (QED) is 0.377. The Morgan fingerprint density at radius 1 is 1.09 bits per heavy atom. The van der Waals surface area contributed by atoms with Gasteiger partial charge in [-0.2, -0.15) is 0 Å². The molecule has 0 aliphatic carbocycles. The third-order valence-electron chi connectivity index (χ3n) is 5.69. The van der Waals surface area contributed by atoms with Crippen LogP contribution in [0.5, 0.6) is 0 Å². The van der Waals surface area contributed by atoms with Crippen LogP contribution in [-0.2, 0) is 4.79 Å². The van der Waals surface area contributed by atoms with Gasteiger partial charge < -0.3 is 14.2 Å². The number of thiophene rings is 1. The minimum Gasteiger partial charge on any atom is -0.459 e. The molecule has 0 radical (unpaired) electrons. The first-order chi connectivity index (χ1) is 16.6. The molecule has 1 fully saturated rings. The van der Waals surface area contributed by atoms with Gasteiger partial charge in [0.05, 0.1) is 16.9 Å². The van der Waals surface area contributed by atoms with Gasteiger partial charge in [-0.15, -0.1) is 21.5 Å². The lowest BCUT2D eigenvalue weighted by Crippen LogP contribution is -2.55. The maximum atomic E-state index is 13.0. The number of rotatable bonds is 6. The topological polar surface area (TPSA) is 84.5 Å². The number of thioether (sulfide) groups is 1. The first kappa shape index (κ1) is 22.4. The Bertz CT molecular complexity index is 1260. The van der Waals surface area contributed by atoms with E-state index in [1.807, 2.05) is 64.2 Å². The smallest absolute Gasteiger partial charge is 0.289 e. The highest BCUT2D eigenvalue weighted by atomic mass is 32.2. The van der Waals surface area contributed by atoms with Gasteiger partial charge in [0.25, 0.3) is 5.91 Å². The van der Waals surface area contributed by atoms with Crippen LogP contribution in [-0.4, -0.2) is 67.8 Å². The molecule has 0 spiro atoms. The van der Waals surface area contributed by atoms with Gasteiger partial charge in [0.2, 0.25) is 5.91 Å². The summed E-state index contributed by atoms with van der Waals surface area (Å²) in [6.07, 6.45) is 1.49. The van der Waals surface area contributed by atoms with E-state index in [1.54, 1.807) is 28.4 Å². The molecule has 1 aliphatic rings. The SMILES string of the molecule is CC1CN(C(=O)CSc2nnc(-c3cccs3)n2-c2ccccc2)CCN1C(=O)c1ccco1. The zero-order valence-corrected chi connectivity index (χ0v) is 20.2. The molecular formula is C24H23N5O3S2. The van der Waals surface area contributed by atoms with Crippen molar-refractivity contribution < 1.29 is 14.0 Å². The summed E-state index contributed by atoms with van der Waals surface area (Å²) < 4.78 is 7.24. The number of hydrogen-bond acceptors (Lipinski definition) is 7. The van der Waals surface area contributed by atoms with Gasteiger partial charge in [0.1, 0.15) is 0 Å². The van der Waals surface area contributed by atoms with E-state index >= 15 is 0 Å². The summed E-state index contributed by atoms with van der Waals surface area (Å²) in [7, 11) is 0. The van der Waals surface area contributed by atoms with Crippen LogP contribution in [0, 0.1) is 0 Å². The fourth-order valence-electron chi connectivity index (χ4n) is 3.98. The molecule has 34 heavy (non-hydrogen) atoms. The number of piperazine rings is 1. The van der Waals surface area contributed by atoms with E-state index in [1.165, 1.54) is 18.0 Å². The summed E-state index contributed by atoms with van der Waals surface area (Å²) in [6, 6.07) is 17.2. The Kier molecular flexibility index (Phi) is 6.50. The average Bonchev–Trinajstić information content (AvgIpc) is 3.64. The fourth-order valence-corrected chi connectivity index (χ4v) is 5.54. The maximum Gasteiger partial charge on any atom is 0.289 e. The molecule has 1 saturated heterocycles. The number of amides is 2. The van der Waals surface area contributed by atoms with E-state index in [4.69, 9.17) is 4.42 Å². The summed E-state index contributed by atoms with van der Waals surface area (Å²) >= 11 is 2.98. The van der Waals surface area contributed by atoms with Gasteiger partial charge in [-0.25, -0.2) is 0 Å². The standard InChI is InChI=1S/C24H23N5O3S2/c1-17-15-27(11-12-28(17)23(31)19-9-5-13-32-19)21(30)16-34-24-26-25-22(20-10-6-14-33-20)29(24)18-7-3-2-4-8-18/h2-10,13-14,17H,11-12,15-16H2,1H3. The van der Waals surface area contributed by atoms with Gasteiger partial charge in [0.15, 0.2) is 16.7 Å². The van der Waals surface area contributed by atoms with Crippen molar-refractivity contribution in [3.8, 4) is 16.4 Å². The van der Waals surface area contributed by atoms with Crippen molar-refractivity contribution in [2.24, 2.45) is 0 Å². The zero-order chi connectivity index (χ0) is 23.5. The molecule has 1 unspecified atom stereocenters. The monoisotopic (exact) mass is 493 g/mol. The Balaban J connectivity index is 1.27. The van der Waals surface area contributed by atoms with Crippen LogP contribution in [0.3, 0.4) is 0 Å². The first-order valence-corrected chi connectivity index (χ1v) is 12.8. The summed E-state index contributed by atoms with van der Waals surface area (Å²) in [4.78, 5) is 30.3. The Morgan fingerprint density at radius 3 is 2.65 bits per heavy atom. The Morgan fingerprint density at radius 2 is 1.94 bits per heavy atom. The number of carbonyl (C=O) groups is 2. The maximum absolute atomic E-state index is 13.0. The van der Waals surface area contributed by atoms with Gasteiger partial charge in [-0.1, -0.05) is 36.0 Å². The van der Waals surface area contributed by atoms with Crippen molar-refractivity contribution in [3.63, 3.8) is 0 Å². The number of para-hydroxylation sites is 1. The van der Waals surface area contributed by atoms with Crippen LogP contribution in [0.1, 0.15) is 17.5 Å². The van der Waals surface area contributed by atoms with Gasteiger partial charge in [-0.05, 0) is 42.6 Å². The van der Waals surface area contributed by atoms with Crippen LogP contribution < -0.4 is 0 Å². The molecule has 10 heteroatoms. The fraction of sp³-hybridized carbons (Fsp3) is 0.250. The average molecular weight is 494 g/mol. The van der Waals surface area contributed by atoms with Crippen LogP contribution >= 0.6 is 23.1 Å². The van der Waals surface area contributed by atoms with Crippen molar-refractivity contribution in [1.29, 1.82) is 0 Å². The second-order valence-electron chi connectivity index (χ2n) is 7.91. The number of nitrogens with zero attached hydrogens (tertiary/aromatic N) is 5. The van der Waals surface area contributed by atoms with E-state index in [0.717, 1.165) is 16.4 Å². The number of aromatic nitrogens is 3. The molecule has 5 rings (SSSR count). The summed E-state index contributed by atoms with van der Waals surface area (Å²) in [5.74, 6) is 1.20. The van der Waals surface area contributed by atoms with E-state index in [-0.39, 0.29) is 23.6 Å². The molecule has 0 N–H and O–H groups in total. The Hall–Kier alpha value is -3.37. The molecule has 1 aromatic carbocycles. The molecule has 1 aliphatic heterocycles. The molecule has 174 valence electrons. The molecule has 0 saturated carbocycles. The van der Waals surface area contributed by atoms with Crippen molar-refractivity contribution in [1.82, 2.24) is 24.6 Å². The van der Waals surface area contributed by atoms with Crippen molar-refractivity contribution >= 4 is 34.9 Å². The third kappa shape index (κ3) is 4.51. The Labute approximate surface area is 205 Å². The predicted octanol–water partition coefficient (Wildman–Crippen LogP) is 4.05. The summed E-state index contributed by atoms with van der Waals surface area (Å²) in [6.45, 7) is 3.40. The molecule has 2 amide bonds. The molecule has 1 atom stereocenters. The second-order valence-corrected chi connectivity index (χ2v) is 9.80. The minimum atomic E-state index is -0.143. The van der Waals surface area contributed by atoms with E-state index in [9.17, 15) is 9.59 Å². The first-order valence-electron chi connectivity index (χ1n) is 10.9. The second kappa shape index (κ2) is 9.86. The molecule has 3 aromatic heterocycles. The number of furan rings is 1. The van der Waals surface area contributed by atoms with E-state index in [0.29, 0.717) is 30.6 Å². The molecule has 8 nitrogen and oxygen atoms in total. The van der Waals surface area contributed by atoms with Crippen LogP contribution in [0.15, 0.2) is 75.8 Å². The van der Waals surface area contributed by atoms with Gasteiger partial charge in [0, 0.05) is 31.4 Å². The van der Waals surface area contributed by atoms with Crippen molar-refractivity contribution in [3.05, 3.63) is 72.0 Å². The summed E-state index contributed by atoms with van der Waals surface area (Å²) in [5.41, 5.74) is 0.949. The molecule has 4 heterocycles. The van der Waals surface area contributed by atoms with Crippen LogP contribution in [0.2, 0.25) is 0 Å². The lowest BCUT2D eigenvalue weighted by molar-refractivity contribution is -0.130. The normalized spacial score (nSPS) is 16.1. The summed E-state index contributed by atoms with van der Waals surface area (Å²) in [5, 5.41) is 11.5. The molecule has 4 aromatic rings. The number of carbonyl (C=O) groups excluding carboxylic acids is 2. The van der Waals surface area contributed by atoms with E-state index < -0.39 is 0 Å². The minimum absolute atomic E-state index is 0.0160. The highest BCUT2D eigenvalue weighted by molar-refractivity contribution is 7.99. The number of benzene rings is 1. The third-order valence-corrected chi connectivity index (χ3v) is 7.47. The van der Waals surface area contributed by atoms with Crippen molar-refractivity contribution in [2.45, 2.75) is 18.1 Å². The van der Waals surface area contributed by atoms with Crippen molar-refractivity contribution in [2.75, 3.05) is 25.4 Å². The predicted molar refractivity (Wildman–Crippen MR) is 131 cm³/mol. The number of hydrogen-bond donors (Lipinski definition) is 0. The van der Waals surface area contributed by atoms with E-state index in [2.05, 4.69) is 10.2 Å². The largest absolute Gasteiger partial charge is 0.459 e.